The Morgan fingerprint density at radius 1 is 1.40 bits per heavy atom. The van der Waals surface area contributed by atoms with E-state index in [1.54, 1.807) is 0 Å². The van der Waals surface area contributed by atoms with E-state index in [0.717, 1.165) is 6.07 Å². The largest absolute Gasteiger partial charge is 1.00 e. The maximum Gasteiger partial charge on any atom is 1.00 e. The summed E-state index contributed by atoms with van der Waals surface area (Å²) < 4.78 is 21.0. The first-order chi connectivity index (χ1) is 6.02. The van der Waals surface area contributed by atoms with Crippen LogP contribution in [0.15, 0.2) is 23.1 Å². The van der Waals surface area contributed by atoms with E-state index < -0.39 is 17.0 Å². The number of halogens is 1. The number of aromatic carboxylic acids is 1. The van der Waals surface area contributed by atoms with Crippen molar-refractivity contribution < 1.29 is 48.2 Å². The fourth-order valence-electron chi connectivity index (χ4n) is 0.758. The first kappa shape index (κ1) is 18.5. The van der Waals surface area contributed by atoms with Crippen LogP contribution in [0.3, 0.4) is 0 Å². The van der Waals surface area contributed by atoms with Gasteiger partial charge in [-0.1, -0.05) is 17.7 Å². The van der Waals surface area contributed by atoms with Crippen molar-refractivity contribution in [2.75, 3.05) is 0 Å². The van der Waals surface area contributed by atoms with Gasteiger partial charge in [-0.25, -0.2) is 0 Å². The van der Waals surface area contributed by atoms with Gasteiger partial charge in [0.15, 0.2) is 0 Å². The van der Waals surface area contributed by atoms with Crippen LogP contribution in [0, 0.1) is 0 Å². The van der Waals surface area contributed by atoms with Crippen molar-refractivity contribution in [2.45, 2.75) is 4.90 Å². The van der Waals surface area contributed by atoms with Crippen molar-refractivity contribution in [1.29, 1.82) is 0 Å². The van der Waals surface area contributed by atoms with Crippen LogP contribution in [0.1, 0.15) is 10.4 Å². The van der Waals surface area contributed by atoms with Gasteiger partial charge in [0.05, 0.1) is 11.0 Å². The Labute approximate surface area is 138 Å². The van der Waals surface area contributed by atoms with Crippen LogP contribution in [-0.4, -0.2) is 44.3 Å². The normalized spacial score (nSPS) is 10.8. The smallest absolute Gasteiger partial charge is 0.768 e. The predicted molar refractivity (Wildman–Crippen MR) is 48.7 cm³/mol. The van der Waals surface area contributed by atoms with Gasteiger partial charge >= 0.3 is 29.6 Å². The molecule has 0 aliphatic heterocycles. The Hall–Kier alpha value is 1.09. The van der Waals surface area contributed by atoms with E-state index in [0.29, 0.717) is 0 Å². The summed E-state index contributed by atoms with van der Waals surface area (Å²) >= 11 is 2.95. The average molecular weight is 265 g/mol. The summed E-state index contributed by atoms with van der Waals surface area (Å²) in [5.74, 6) is -1.44. The Morgan fingerprint density at radius 3 is 2.33 bits per heavy atom. The van der Waals surface area contributed by atoms with E-state index in [9.17, 15) is 18.7 Å². The maximum absolute atomic E-state index is 10.5. The van der Waals surface area contributed by atoms with Crippen LogP contribution in [0.4, 0.5) is 0 Å². The van der Waals surface area contributed by atoms with Crippen LogP contribution >= 0.6 is 11.6 Å². The molecule has 1 atom stereocenters. The fourth-order valence-corrected chi connectivity index (χ4v) is 1.52. The fraction of sp³-hybridized carbons (Fsp3) is 0. The Balaban J connectivity index is 0. The molecule has 15 heavy (non-hydrogen) atoms. The summed E-state index contributed by atoms with van der Waals surface area (Å²) in [7, 11) is 0. The predicted octanol–water partition coefficient (Wildman–Crippen LogP) is -3.44. The third-order valence-corrected chi connectivity index (χ3v) is 2.48. The van der Waals surface area contributed by atoms with Crippen molar-refractivity contribution >= 4 is 58.2 Å². The third kappa shape index (κ3) is 5.30. The first-order valence-electron chi connectivity index (χ1n) is 3.12. The summed E-state index contributed by atoms with van der Waals surface area (Å²) in [5, 5.41) is 10.3. The quantitative estimate of drug-likeness (QED) is 0.411. The number of carboxylic acids is 1. The minimum atomic E-state index is -2.54. The first-order valence-corrected chi connectivity index (χ1v) is 4.58. The molecule has 0 heterocycles. The van der Waals surface area contributed by atoms with Gasteiger partial charge in [-0.15, -0.1) is 0 Å². The molecule has 1 aromatic carbocycles. The summed E-state index contributed by atoms with van der Waals surface area (Å²) in [4.78, 5) is 10.1. The number of carboxylic acid groups (broad SMARTS) is 1. The van der Waals surface area contributed by atoms with Gasteiger partial charge in [0.1, 0.15) is 0 Å². The molecule has 0 aliphatic rings. The number of hydrogen-bond donors (Lipinski definition) is 0. The standard InChI is InChI=1S/C7H5ClO4S.2Na/c8-5-2-1-4(7(9)10)3-6(5)13(11)12;;/h1-3H,(H,9,10)(H,11,12);;/q;;+1/p-2. The molecule has 0 aliphatic carbocycles. The topological polar surface area (TPSA) is 80.3 Å². The minimum absolute atomic E-state index is 0. The van der Waals surface area contributed by atoms with Gasteiger partial charge in [0.2, 0.25) is 0 Å². The van der Waals surface area contributed by atoms with Gasteiger partial charge in [-0.2, -0.15) is 0 Å². The van der Waals surface area contributed by atoms with Crippen molar-refractivity contribution in [3.63, 3.8) is 0 Å². The maximum atomic E-state index is 10.5. The Morgan fingerprint density at radius 2 is 1.93 bits per heavy atom. The monoisotopic (exact) mass is 264 g/mol. The zero-order chi connectivity index (χ0) is 10.0. The number of carbonyl (C=O) groups is 1. The molecule has 4 nitrogen and oxygen atoms in total. The van der Waals surface area contributed by atoms with Gasteiger partial charge in [-0.05, 0) is 28.8 Å². The van der Waals surface area contributed by atoms with Gasteiger partial charge in [-0.3, -0.25) is 4.21 Å². The van der Waals surface area contributed by atoms with E-state index >= 15 is 0 Å². The molecule has 0 N–H and O–H groups in total. The van der Waals surface area contributed by atoms with Crippen LogP contribution in [0.5, 0.6) is 0 Å². The average Bonchev–Trinajstić information content (AvgIpc) is 2.04. The molecule has 1 aromatic rings. The molecule has 0 fully saturated rings. The molecule has 1 unspecified atom stereocenters. The number of benzene rings is 1. The zero-order valence-corrected chi connectivity index (χ0v) is 13.7. The van der Waals surface area contributed by atoms with Gasteiger partial charge in [0, 0.05) is 34.5 Å². The van der Waals surface area contributed by atoms with Crippen LogP contribution in [0.2, 0.25) is 5.02 Å². The molecule has 8 heteroatoms. The zero-order valence-electron chi connectivity index (χ0n) is 8.15. The number of carbonyl (C=O) groups excluding carboxylic acids is 1. The molecule has 1 radical (unpaired) electrons. The third-order valence-electron chi connectivity index (χ3n) is 1.35. The molecule has 0 spiro atoms. The Bertz CT molecular complexity index is 385. The molecule has 0 saturated carbocycles. The summed E-state index contributed by atoms with van der Waals surface area (Å²) in [6.45, 7) is 0. The molecule has 1 rings (SSSR count). The minimum Gasteiger partial charge on any atom is -0.768 e. The summed E-state index contributed by atoms with van der Waals surface area (Å²) in [6, 6.07) is 3.31. The second-order valence-electron chi connectivity index (χ2n) is 2.17. The van der Waals surface area contributed by atoms with Crippen LogP contribution in [-0.2, 0) is 11.1 Å². The molecule has 71 valence electrons. The van der Waals surface area contributed by atoms with E-state index in [1.807, 2.05) is 0 Å². The molecule has 0 aromatic heterocycles. The molecule has 0 saturated heterocycles. The van der Waals surface area contributed by atoms with Gasteiger partial charge in [0.25, 0.3) is 0 Å². The van der Waals surface area contributed by atoms with Gasteiger partial charge < -0.3 is 14.5 Å². The van der Waals surface area contributed by atoms with E-state index in [2.05, 4.69) is 0 Å². The summed E-state index contributed by atoms with van der Waals surface area (Å²) in [5.41, 5.74) is -0.219. The van der Waals surface area contributed by atoms with Crippen LogP contribution in [0.25, 0.3) is 0 Å². The van der Waals surface area contributed by atoms with Crippen LogP contribution < -0.4 is 34.7 Å². The second-order valence-corrected chi connectivity index (χ2v) is 3.48. The summed E-state index contributed by atoms with van der Waals surface area (Å²) in [6.07, 6.45) is 0. The SMILES string of the molecule is O=C([O-])c1ccc(Cl)c(S(=O)[O-])c1.[Na+].[Na]. The van der Waals surface area contributed by atoms with Crippen molar-refractivity contribution in [3.05, 3.63) is 28.8 Å². The molecular formula is C7H3ClNa2O4S-. The molecular weight excluding hydrogens is 262 g/mol. The number of hydrogen-bond acceptors (Lipinski definition) is 4. The van der Waals surface area contributed by atoms with E-state index in [1.165, 1.54) is 12.1 Å². The van der Waals surface area contributed by atoms with E-state index in [4.69, 9.17) is 11.6 Å². The van der Waals surface area contributed by atoms with Crippen molar-refractivity contribution in [1.82, 2.24) is 0 Å². The second kappa shape index (κ2) is 8.22. The number of rotatable bonds is 2. The van der Waals surface area contributed by atoms with Crippen molar-refractivity contribution in [2.24, 2.45) is 0 Å². The van der Waals surface area contributed by atoms with Crippen molar-refractivity contribution in [3.8, 4) is 0 Å². The molecule has 0 amide bonds. The Kier molecular flexibility index (Phi) is 10.1. The van der Waals surface area contributed by atoms with E-state index in [-0.39, 0.29) is 74.6 Å². The molecule has 0 bridgehead atoms.